The maximum absolute atomic E-state index is 13.7. The fourth-order valence-corrected chi connectivity index (χ4v) is 3.91. The summed E-state index contributed by atoms with van der Waals surface area (Å²) in [5.74, 6) is -0.817. The number of carbonyl (C=O) groups excluding carboxylic acids is 1. The van der Waals surface area contributed by atoms with Crippen molar-refractivity contribution in [1.29, 1.82) is 0 Å². The molecule has 0 aliphatic heterocycles. The topological polar surface area (TPSA) is 102 Å². The molecule has 184 valence electrons. The molecule has 7 nitrogen and oxygen atoms in total. The summed E-state index contributed by atoms with van der Waals surface area (Å²) in [6.07, 6.45) is -0.452. The minimum Gasteiger partial charge on any atom is -0.481 e. The highest BCUT2D eigenvalue weighted by Crippen LogP contribution is 2.34. The maximum Gasteiger partial charge on any atom is 0.411 e. The van der Waals surface area contributed by atoms with Crippen molar-refractivity contribution in [3.63, 3.8) is 0 Å². The molecule has 1 aromatic heterocycles. The van der Waals surface area contributed by atoms with Crippen LogP contribution in [0.15, 0.2) is 71.3 Å². The Bertz CT molecular complexity index is 1400. The first-order valence-corrected chi connectivity index (χ1v) is 11.4. The molecule has 1 heterocycles. The summed E-state index contributed by atoms with van der Waals surface area (Å²) in [7, 11) is 0. The molecule has 0 atom stereocenters. The third-order valence-electron chi connectivity index (χ3n) is 5.76. The van der Waals surface area contributed by atoms with Crippen LogP contribution in [0.4, 0.5) is 14.9 Å². The van der Waals surface area contributed by atoms with Gasteiger partial charge in [-0.1, -0.05) is 59.8 Å². The number of rotatable bonds is 8. The number of aryl methyl sites for hydroxylation is 2. The molecule has 0 aliphatic rings. The number of amides is 1. The number of carboxylic acids is 1. The van der Waals surface area contributed by atoms with Gasteiger partial charge in [-0.15, -0.1) is 0 Å². The van der Waals surface area contributed by atoms with Gasteiger partial charge in [-0.25, -0.2) is 9.18 Å². The first-order chi connectivity index (χ1) is 17.3. The van der Waals surface area contributed by atoms with Crippen LogP contribution in [0.5, 0.6) is 0 Å². The first kappa shape index (κ1) is 24.7. The number of aliphatic carboxylic acids is 1. The molecule has 0 unspecified atom stereocenters. The molecule has 0 spiro atoms. The Hall–Kier alpha value is -4.46. The smallest absolute Gasteiger partial charge is 0.411 e. The molecule has 8 heteroatoms. The van der Waals surface area contributed by atoms with E-state index in [9.17, 15) is 14.0 Å². The highest BCUT2D eigenvalue weighted by Gasteiger charge is 2.19. The standard InChI is InChI=1S/C28H25FN2O5/c1-17-15-22(11-12-23(17)20-9-7-19(8-10-20)16-25(32)33)27-26(18(2)31-36-27)30-28(34)35-14-13-21-5-3-4-6-24(21)29/h3-12,15H,13-14,16H2,1-2H3,(H,30,34)(H,32,33). The average molecular weight is 489 g/mol. The second kappa shape index (κ2) is 10.9. The van der Waals surface area contributed by atoms with Crippen molar-refractivity contribution < 1.29 is 28.3 Å². The Morgan fingerprint density at radius 3 is 2.44 bits per heavy atom. The number of hydrogen-bond acceptors (Lipinski definition) is 5. The summed E-state index contributed by atoms with van der Waals surface area (Å²) >= 11 is 0. The van der Waals surface area contributed by atoms with Crippen molar-refractivity contribution in [3.8, 4) is 22.5 Å². The molecule has 1 amide bonds. The van der Waals surface area contributed by atoms with E-state index in [2.05, 4.69) is 10.5 Å². The van der Waals surface area contributed by atoms with Crippen LogP contribution < -0.4 is 5.32 Å². The summed E-state index contributed by atoms with van der Waals surface area (Å²) in [6.45, 7) is 3.69. The van der Waals surface area contributed by atoms with E-state index in [1.807, 2.05) is 37.3 Å². The lowest BCUT2D eigenvalue weighted by molar-refractivity contribution is -0.136. The summed E-state index contributed by atoms with van der Waals surface area (Å²) in [4.78, 5) is 23.3. The van der Waals surface area contributed by atoms with Gasteiger partial charge in [-0.2, -0.15) is 0 Å². The predicted octanol–water partition coefficient (Wildman–Crippen LogP) is 6.18. The van der Waals surface area contributed by atoms with Crippen molar-refractivity contribution in [2.24, 2.45) is 0 Å². The van der Waals surface area contributed by atoms with Gasteiger partial charge in [0.1, 0.15) is 17.2 Å². The zero-order chi connectivity index (χ0) is 25.7. The minimum absolute atomic E-state index is 0.0193. The lowest BCUT2D eigenvalue weighted by Gasteiger charge is -2.10. The van der Waals surface area contributed by atoms with E-state index in [4.69, 9.17) is 14.4 Å². The molecule has 4 rings (SSSR count). The van der Waals surface area contributed by atoms with Gasteiger partial charge in [0.2, 0.25) is 0 Å². The van der Waals surface area contributed by atoms with Crippen LogP contribution in [-0.4, -0.2) is 28.9 Å². The molecular weight excluding hydrogens is 463 g/mol. The van der Waals surface area contributed by atoms with Crippen LogP contribution >= 0.6 is 0 Å². The van der Waals surface area contributed by atoms with Crippen molar-refractivity contribution in [2.75, 3.05) is 11.9 Å². The SMILES string of the molecule is Cc1cc(-c2onc(C)c2NC(=O)OCCc2ccccc2F)ccc1-c1ccc(CC(=O)O)cc1. The Morgan fingerprint density at radius 1 is 1.03 bits per heavy atom. The Balaban J connectivity index is 1.46. The van der Waals surface area contributed by atoms with Crippen LogP contribution in [0.1, 0.15) is 22.4 Å². The molecule has 0 aliphatic carbocycles. The van der Waals surface area contributed by atoms with Crippen LogP contribution in [-0.2, 0) is 22.4 Å². The number of nitrogens with zero attached hydrogens (tertiary/aromatic N) is 1. The summed E-state index contributed by atoms with van der Waals surface area (Å²) < 4.78 is 24.5. The van der Waals surface area contributed by atoms with Crippen LogP contribution in [0.3, 0.4) is 0 Å². The Kier molecular flexibility index (Phi) is 7.44. The monoisotopic (exact) mass is 488 g/mol. The third kappa shape index (κ3) is 5.78. The minimum atomic E-state index is -0.871. The number of hydrogen-bond donors (Lipinski definition) is 2. The van der Waals surface area contributed by atoms with E-state index in [1.54, 1.807) is 37.3 Å². The lowest BCUT2D eigenvalue weighted by atomic mass is 9.96. The number of halogens is 1. The summed E-state index contributed by atoms with van der Waals surface area (Å²) in [6, 6.07) is 19.5. The van der Waals surface area contributed by atoms with E-state index in [0.717, 1.165) is 27.8 Å². The van der Waals surface area contributed by atoms with Crippen LogP contribution in [0.25, 0.3) is 22.5 Å². The van der Waals surface area contributed by atoms with Crippen LogP contribution in [0, 0.1) is 19.7 Å². The van der Waals surface area contributed by atoms with Gasteiger partial charge in [0.25, 0.3) is 0 Å². The molecule has 4 aromatic rings. The Morgan fingerprint density at radius 2 is 1.75 bits per heavy atom. The third-order valence-corrected chi connectivity index (χ3v) is 5.76. The van der Waals surface area contributed by atoms with E-state index >= 15 is 0 Å². The maximum atomic E-state index is 13.7. The van der Waals surface area contributed by atoms with Gasteiger partial charge in [-0.3, -0.25) is 10.1 Å². The van der Waals surface area contributed by atoms with Crippen LogP contribution in [0.2, 0.25) is 0 Å². The van der Waals surface area contributed by atoms with Gasteiger partial charge in [-0.05, 0) is 53.8 Å². The summed E-state index contributed by atoms with van der Waals surface area (Å²) in [5.41, 5.74) is 5.72. The second-order valence-corrected chi connectivity index (χ2v) is 8.37. The molecule has 0 bridgehead atoms. The quantitative estimate of drug-likeness (QED) is 0.307. The highest BCUT2D eigenvalue weighted by atomic mass is 19.1. The number of carbonyl (C=O) groups is 2. The molecule has 0 saturated heterocycles. The number of nitrogens with one attached hydrogen (secondary N) is 1. The molecule has 2 N–H and O–H groups in total. The van der Waals surface area contributed by atoms with Crippen molar-refractivity contribution in [2.45, 2.75) is 26.7 Å². The number of anilines is 1. The van der Waals surface area contributed by atoms with Crippen molar-refractivity contribution in [3.05, 3.63) is 94.9 Å². The van der Waals surface area contributed by atoms with E-state index in [1.165, 1.54) is 6.07 Å². The zero-order valence-electron chi connectivity index (χ0n) is 19.9. The zero-order valence-corrected chi connectivity index (χ0v) is 19.9. The molecule has 3 aromatic carbocycles. The van der Waals surface area contributed by atoms with E-state index < -0.39 is 12.1 Å². The fourth-order valence-electron chi connectivity index (χ4n) is 3.91. The van der Waals surface area contributed by atoms with Gasteiger partial charge in [0, 0.05) is 12.0 Å². The van der Waals surface area contributed by atoms with Crippen molar-refractivity contribution in [1.82, 2.24) is 5.16 Å². The predicted molar refractivity (Wildman–Crippen MR) is 133 cm³/mol. The average Bonchev–Trinajstić information content (AvgIpc) is 3.20. The second-order valence-electron chi connectivity index (χ2n) is 8.37. The lowest BCUT2D eigenvalue weighted by Crippen LogP contribution is -2.16. The normalized spacial score (nSPS) is 10.8. The number of ether oxygens (including phenoxy) is 1. The number of carboxylic acid groups (broad SMARTS) is 1. The molecular formula is C28H25FN2O5. The largest absolute Gasteiger partial charge is 0.481 e. The van der Waals surface area contributed by atoms with Gasteiger partial charge < -0.3 is 14.4 Å². The van der Waals surface area contributed by atoms with Gasteiger partial charge in [0.15, 0.2) is 5.76 Å². The molecule has 36 heavy (non-hydrogen) atoms. The van der Waals surface area contributed by atoms with E-state index in [0.29, 0.717) is 22.7 Å². The first-order valence-electron chi connectivity index (χ1n) is 11.4. The van der Waals surface area contributed by atoms with Gasteiger partial charge in [0.05, 0.1) is 13.0 Å². The summed E-state index contributed by atoms with van der Waals surface area (Å²) in [5, 5.41) is 15.6. The van der Waals surface area contributed by atoms with Crippen molar-refractivity contribution >= 4 is 17.7 Å². The number of benzene rings is 3. The highest BCUT2D eigenvalue weighted by molar-refractivity contribution is 5.91. The van der Waals surface area contributed by atoms with E-state index in [-0.39, 0.29) is 25.3 Å². The molecule has 0 radical (unpaired) electrons. The fraction of sp³-hybridized carbons (Fsp3) is 0.179. The number of aromatic nitrogens is 1. The molecule has 0 fully saturated rings. The molecule has 0 saturated carbocycles. The Labute approximate surface area is 207 Å². The van der Waals surface area contributed by atoms with Gasteiger partial charge >= 0.3 is 12.1 Å².